The molecule has 0 aliphatic carbocycles. The molecule has 84 valence electrons. The predicted molar refractivity (Wildman–Crippen MR) is 64.0 cm³/mol. The summed E-state index contributed by atoms with van der Waals surface area (Å²) in [5, 5.41) is 0. The van der Waals surface area contributed by atoms with E-state index in [1.807, 2.05) is 0 Å². The van der Waals surface area contributed by atoms with E-state index in [1.165, 1.54) is 13.0 Å². The van der Waals surface area contributed by atoms with Gasteiger partial charge in [-0.1, -0.05) is 22.9 Å². The molecule has 0 amide bonds. The Balaban J connectivity index is 2.44. The Morgan fingerprint density at radius 1 is 1.43 bits per heavy atom. The molecule has 1 fully saturated rings. The Hall–Kier alpha value is 0.400. The SMILES string of the molecule is COC(C)(C)CN1CC(C)CC(Br)C1. The Morgan fingerprint density at radius 2 is 2.07 bits per heavy atom. The topological polar surface area (TPSA) is 12.5 Å². The van der Waals surface area contributed by atoms with Gasteiger partial charge >= 0.3 is 0 Å². The Labute approximate surface area is 96.1 Å². The van der Waals surface area contributed by atoms with Crippen molar-refractivity contribution in [2.24, 2.45) is 5.92 Å². The van der Waals surface area contributed by atoms with Gasteiger partial charge in [-0.2, -0.15) is 0 Å². The zero-order chi connectivity index (χ0) is 10.8. The second kappa shape index (κ2) is 4.95. The van der Waals surface area contributed by atoms with Gasteiger partial charge in [0.05, 0.1) is 5.60 Å². The summed E-state index contributed by atoms with van der Waals surface area (Å²) in [4.78, 5) is 3.15. The van der Waals surface area contributed by atoms with Crippen LogP contribution in [0.2, 0.25) is 0 Å². The van der Waals surface area contributed by atoms with E-state index < -0.39 is 0 Å². The van der Waals surface area contributed by atoms with Crippen LogP contribution in [-0.4, -0.2) is 42.1 Å². The molecule has 14 heavy (non-hydrogen) atoms. The fourth-order valence-corrected chi connectivity index (χ4v) is 3.16. The first-order valence-electron chi connectivity index (χ1n) is 5.34. The highest BCUT2D eigenvalue weighted by molar-refractivity contribution is 9.09. The minimum atomic E-state index is -0.0240. The number of hydrogen-bond acceptors (Lipinski definition) is 2. The normalized spacial score (nSPS) is 30.6. The molecule has 0 bridgehead atoms. The number of alkyl halides is 1. The summed E-state index contributed by atoms with van der Waals surface area (Å²) in [6.07, 6.45) is 1.30. The molecule has 0 spiro atoms. The van der Waals surface area contributed by atoms with Gasteiger partial charge in [0.15, 0.2) is 0 Å². The van der Waals surface area contributed by atoms with E-state index in [-0.39, 0.29) is 5.60 Å². The molecule has 0 N–H and O–H groups in total. The molecule has 2 atom stereocenters. The number of nitrogens with zero attached hydrogens (tertiary/aromatic N) is 1. The van der Waals surface area contributed by atoms with Crippen molar-refractivity contribution >= 4 is 15.9 Å². The first-order valence-corrected chi connectivity index (χ1v) is 6.26. The van der Waals surface area contributed by atoms with E-state index in [2.05, 4.69) is 41.6 Å². The Kier molecular flexibility index (Phi) is 4.41. The van der Waals surface area contributed by atoms with Crippen LogP contribution in [-0.2, 0) is 4.74 Å². The number of likely N-dealkylation sites (tertiary alicyclic amines) is 1. The van der Waals surface area contributed by atoms with Gasteiger partial charge in [0.25, 0.3) is 0 Å². The highest BCUT2D eigenvalue weighted by atomic mass is 79.9. The Morgan fingerprint density at radius 3 is 2.57 bits per heavy atom. The third kappa shape index (κ3) is 3.87. The van der Waals surface area contributed by atoms with Gasteiger partial charge in [-0.3, -0.25) is 4.90 Å². The van der Waals surface area contributed by atoms with Gasteiger partial charge in [-0.05, 0) is 26.2 Å². The molecule has 0 aromatic carbocycles. The van der Waals surface area contributed by atoms with E-state index in [0.29, 0.717) is 4.83 Å². The molecule has 0 saturated carbocycles. The zero-order valence-corrected chi connectivity index (χ0v) is 11.3. The summed E-state index contributed by atoms with van der Waals surface area (Å²) in [5.41, 5.74) is -0.0240. The standard InChI is InChI=1S/C11H22BrNO/c1-9-5-10(12)7-13(6-9)8-11(2,3)14-4/h9-10H,5-8H2,1-4H3. The van der Waals surface area contributed by atoms with Gasteiger partial charge in [-0.25, -0.2) is 0 Å². The van der Waals surface area contributed by atoms with Crippen LogP contribution in [0.5, 0.6) is 0 Å². The summed E-state index contributed by atoms with van der Waals surface area (Å²) in [6, 6.07) is 0. The molecule has 0 aromatic heterocycles. The highest BCUT2D eigenvalue weighted by Gasteiger charge is 2.27. The van der Waals surface area contributed by atoms with Crippen LogP contribution in [0.3, 0.4) is 0 Å². The third-order valence-electron chi connectivity index (χ3n) is 2.84. The number of ether oxygens (including phenoxy) is 1. The molecule has 2 unspecified atom stereocenters. The molecule has 1 saturated heterocycles. The molecule has 2 nitrogen and oxygen atoms in total. The summed E-state index contributed by atoms with van der Waals surface area (Å²) in [6.45, 7) is 9.99. The van der Waals surface area contributed by atoms with Crippen LogP contribution < -0.4 is 0 Å². The van der Waals surface area contributed by atoms with Crippen molar-refractivity contribution in [3.8, 4) is 0 Å². The molecule has 1 rings (SSSR count). The minimum absolute atomic E-state index is 0.0240. The summed E-state index contributed by atoms with van der Waals surface area (Å²) >= 11 is 3.72. The summed E-state index contributed by atoms with van der Waals surface area (Å²) in [5.74, 6) is 0.792. The van der Waals surface area contributed by atoms with Gasteiger partial charge < -0.3 is 4.74 Å². The third-order valence-corrected chi connectivity index (χ3v) is 3.50. The summed E-state index contributed by atoms with van der Waals surface area (Å²) < 4.78 is 5.45. The minimum Gasteiger partial charge on any atom is -0.377 e. The molecule has 0 radical (unpaired) electrons. The lowest BCUT2D eigenvalue weighted by Crippen LogP contribution is -2.47. The maximum absolute atomic E-state index is 5.45. The smallest absolute Gasteiger partial charge is 0.0749 e. The van der Waals surface area contributed by atoms with Crippen molar-refractivity contribution in [3.63, 3.8) is 0 Å². The van der Waals surface area contributed by atoms with Crippen LogP contribution in [0.15, 0.2) is 0 Å². The van der Waals surface area contributed by atoms with Crippen LogP contribution in [0.4, 0.5) is 0 Å². The van der Waals surface area contributed by atoms with Gasteiger partial charge in [0, 0.05) is 31.6 Å². The molecule has 1 aliphatic rings. The molecular formula is C11H22BrNO. The fourth-order valence-electron chi connectivity index (χ4n) is 2.11. The van der Waals surface area contributed by atoms with E-state index in [9.17, 15) is 0 Å². The van der Waals surface area contributed by atoms with Crippen molar-refractivity contribution in [2.45, 2.75) is 37.6 Å². The average molecular weight is 264 g/mol. The fraction of sp³-hybridized carbons (Fsp3) is 1.00. The highest BCUT2D eigenvalue weighted by Crippen LogP contribution is 2.23. The van der Waals surface area contributed by atoms with Gasteiger partial charge in [0.2, 0.25) is 0 Å². The van der Waals surface area contributed by atoms with Crippen molar-refractivity contribution < 1.29 is 4.74 Å². The molecule has 3 heteroatoms. The van der Waals surface area contributed by atoms with Crippen LogP contribution >= 0.6 is 15.9 Å². The van der Waals surface area contributed by atoms with E-state index in [0.717, 1.165) is 19.0 Å². The van der Waals surface area contributed by atoms with Crippen LogP contribution in [0.25, 0.3) is 0 Å². The first-order chi connectivity index (χ1) is 6.43. The lowest BCUT2D eigenvalue weighted by atomic mass is 9.98. The maximum atomic E-state index is 5.45. The number of halogens is 1. The van der Waals surface area contributed by atoms with Crippen molar-refractivity contribution in [2.75, 3.05) is 26.7 Å². The number of methoxy groups -OCH3 is 1. The largest absolute Gasteiger partial charge is 0.377 e. The first kappa shape index (κ1) is 12.5. The van der Waals surface area contributed by atoms with Crippen LogP contribution in [0, 0.1) is 5.92 Å². The number of piperidine rings is 1. The van der Waals surface area contributed by atoms with Gasteiger partial charge in [-0.15, -0.1) is 0 Å². The van der Waals surface area contributed by atoms with Crippen LogP contribution in [0.1, 0.15) is 27.2 Å². The maximum Gasteiger partial charge on any atom is 0.0749 e. The number of hydrogen-bond donors (Lipinski definition) is 0. The van der Waals surface area contributed by atoms with E-state index >= 15 is 0 Å². The van der Waals surface area contributed by atoms with Crippen molar-refractivity contribution in [1.29, 1.82) is 0 Å². The molecular weight excluding hydrogens is 242 g/mol. The van der Waals surface area contributed by atoms with E-state index in [4.69, 9.17) is 4.74 Å². The van der Waals surface area contributed by atoms with E-state index in [1.54, 1.807) is 7.11 Å². The second-order valence-corrected chi connectivity index (χ2v) is 6.39. The van der Waals surface area contributed by atoms with Gasteiger partial charge in [0.1, 0.15) is 0 Å². The quantitative estimate of drug-likeness (QED) is 0.726. The monoisotopic (exact) mass is 263 g/mol. The second-order valence-electron chi connectivity index (χ2n) is 5.10. The van der Waals surface area contributed by atoms with Crippen molar-refractivity contribution in [1.82, 2.24) is 4.90 Å². The average Bonchev–Trinajstić information content (AvgIpc) is 2.01. The number of rotatable bonds is 3. The Bertz CT molecular complexity index is 174. The van der Waals surface area contributed by atoms with Crippen molar-refractivity contribution in [3.05, 3.63) is 0 Å². The molecule has 1 aliphatic heterocycles. The zero-order valence-electron chi connectivity index (χ0n) is 9.72. The lowest BCUT2D eigenvalue weighted by Gasteiger charge is -2.38. The molecule has 1 heterocycles. The lowest BCUT2D eigenvalue weighted by molar-refractivity contribution is -0.0147. The molecule has 0 aromatic rings. The summed E-state index contributed by atoms with van der Waals surface area (Å²) in [7, 11) is 1.79. The predicted octanol–water partition coefficient (Wildman–Crippen LogP) is 2.52.